The van der Waals surface area contributed by atoms with Crippen molar-refractivity contribution in [1.29, 1.82) is 5.26 Å². The number of anilines is 2. The molecule has 0 unspecified atom stereocenters. The lowest BCUT2D eigenvalue weighted by molar-refractivity contribution is 0.0948. The zero-order valence-electron chi connectivity index (χ0n) is 24.4. The number of rotatable bonds is 8. The number of hydrogen-bond acceptors (Lipinski definition) is 8. The summed E-state index contributed by atoms with van der Waals surface area (Å²) in [5.74, 6) is 1.55. The third-order valence-corrected chi connectivity index (χ3v) is 10.0. The second kappa shape index (κ2) is 12.3. The van der Waals surface area contributed by atoms with E-state index in [1.807, 2.05) is 30.3 Å². The van der Waals surface area contributed by atoms with E-state index in [-0.39, 0.29) is 11.7 Å². The number of nitriles is 1. The molecule has 41 heavy (non-hydrogen) atoms. The van der Waals surface area contributed by atoms with Crippen LogP contribution in [0.15, 0.2) is 30.3 Å². The first-order valence-electron chi connectivity index (χ1n) is 15.6. The van der Waals surface area contributed by atoms with E-state index in [4.69, 9.17) is 0 Å². The fourth-order valence-electron chi connectivity index (χ4n) is 6.97. The van der Waals surface area contributed by atoms with Crippen LogP contribution in [0.5, 0.6) is 0 Å². The molecule has 1 spiro atoms. The van der Waals surface area contributed by atoms with Gasteiger partial charge in [-0.1, -0.05) is 30.3 Å². The molecule has 2 aliphatic carbocycles. The summed E-state index contributed by atoms with van der Waals surface area (Å²) >= 11 is 0. The molecule has 6 rings (SSSR count). The van der Waals surface area contributed by atoms with Gasteiger partial charge in [0, 0.05) is 58.4 Å². The Bertz CT molecular complexity index is 1230. The number of amides is 1. The lowest BCUT2D eigenvalue weighted by atomic mass is 9.80. The summed E-state index contributed by atoms with van der Waals surface area (Å²) < 4.78 is 0. The normalized spacial score (nSPS) is 21.9. The molecule has 4 aliphatic rings. The van der Waals surface area contributed by atoms with Gasteiger partial charge in [0.2, 0.25) is 5.82 Å². The van der Waals surface area contributed by atoms with E-state index in [0.29, 0.717) is 41.1 Å². The zero-order chi connectivity index (χ0) is 28.2. The Morgan fingerprint density at radius 2 is 1.68 bits per heavy atom. The Kier molecular flexibility index (Phi) is 8.40. The first-order chi connectivity index (χ1) is 20.0. The number of aromatic nitrogens is 2. The van der Waals surface area contributed by atoms with E-state index in [1.54, 1.807) is 0 Å². The smallest absolute Gasteiger partial charge is 0.259 e. The summed E-state index contributed by atoms with van der Waals surface area (Å²) in [5.41, 5.74) is 2.15. The van der Waals surface area contributed by atoms with Gasteiger partial charge < -0.3 is 20.4 Å². The van der Waals surface area contributed by atoms with Crippen LogP contribution in [0.25, 0.3) is 0 Å². The molecular weight excluding hydrogens is 512 g/mol. The van der Waals surface area contributed by atoms with Crippen LogP contribution in [0.1, 0.15) is 73.1 Å². The van der Waals surface area contributed by atoms with Crippen molar-refractivity contribution >= 4 is 17.5 Å². The summed E-state index contributed by atoms with van der Waals surface area (Å²) in [6, 6.07) is 12.7. The highest BCUT2D eigenvalue weighted by Crippen LogP contribution is 2.57. The molecule has 218 valence electrons. The van der Waals surface area contributed by atoms with Crippen LogP contribution < -0.4 is 15.5 Å². The number of piperidine rings is 1. The summed E-state index contributed by atoms with van der Waals surface area (Å²) in [4.78, 5) is 30.3. The molecule has 1 amide bonds. The van der Waals surface area contributed by atoms with Crippen molar-refractivity contribution in [3.05, 3.63) is 47.3 Å². The molecule has 9 heteroatoms. The third kappa shape index (κ3) is 6.65. The molecule has 2 N–H and O–H groups in total. The highest BCUT2D eigenvalue weighted by molar-refractivity contribution is 6.03. The van der Waals surface area contributed by atoms with Gasteiger partial charge in [0.15, 0.2) is 0 Å². The van der Waals surface area contributed by atoms with Crippen LogP contribution in [0, 0.1) is 22.7 Å². The third-order valence-electron chi connectivity index (χ3n) is 10.0. The molecule has 2 aromatic rings. The highest BCUT2D eigenvalue weighted by atomic mass is 16.1. The van der Waals surface area contributed by atoms with Gasteiger partial charge in [-0.25, -0.2) is 9.97 Å². The Balaban J connectivity index is 1.21. The molecule has 1 aromatic carbocycles. The first-order valence-corrected chi connectivity index (χ1v) is 15.6. The average molecular weight is 557 g/mol. The number of hydrogen-bond donors (Lipinski definition) is 2. The monoisotopic (exact) mass is 556 g/mol. The van der Waals surface area contributed by atoms with Crippen LogP contribution in [0.4, 0.5) is 11.6 Å². The zero-order valence-corrected chi connectivity index (χ0v) is 24.4. The van der Waals surface area contributed by atoms with Crippen molar-refractivity contribution in [1.82, 2.24) is 25.1 Å². The molecule has 9 nitrogen and oxygen atoms in total. The lowest BCUT2D eigenvalue weighted by Crippen LogP contribution is -2.52. The van der Waals surface area contributed by atoms with E-state index in [0.717, 1.165) is 64.2 Å². The lowest BCUT2D eigenvalue weighted by Gasteiger charge is -2.42. The quantitative estimate of drug-likeness (QED) is 0.506. The minimum Gasteiger partial charge on any atom is -0.369 e. The van der Waals surface area contributed by atoms with Gasteiger partial charge in [0.25, 0.3) is 5.91 Å². The van der Waals surface area contributed by atoms with Crippen molar-refractivity contribution in [2.75, 3.05) is 63.1 Å². The SMILES string of the molecule is CN1CCN(C2CCN(c3nc(C#N)nc(NCC4CCC5(CC4)CC5)c3C(=O)NCc3ccccc3)CC2)CC1. The number of nitrogens with zero attached hydrogens (tertiary/aromatic N) is 6. The number of nitrogens with one attached hydrogen (secondary N) is 2. The molecule has 2 saturated heterocycles. The molecule has 0 radical (unpaired) electrons. The largest absolute Gasteiger partial charge is 0.369 e. The Hall–Kier alpha value is -3.22. The van der Waals surface area contributed by atoms with Gasteiger partial charge in [0.05, 0.1) is 0 Å². The second-order valence-corrected chi connectivity index (χ2v) is 12.8. The predicted octanol–water partition coefficient (Wildman–Crippen LogP) is 3.88. The predicted molar refractivity (Wildman–Crippen MR) is 161 cm³/mol. The minimum absolute atomic E-state index is 0.115. The van der Waals surface area contributed by atoms with Gasteiger partial charge >= 0.3 is 0 Å². The summed E-state index contributed by atoms with van der Waals surface area (Å²) in [6.45, 7) is 7.24. The van der Waals surface area contributed by atoms with E-state index in [2.05, 4.69) is 48.4 Å². The standard InChI is InChI=1S/C32H44N8O/c1-38-17-19-39(20-18-38)26-9-15-40(16-10-26)30-28(31(41)35-23-24-5-3-2-4-6-24)29(36-27(21-33)37-30)34-22-25-7-11-32(12-8-25)13-14-32/h2-6,25-26H,7-20,22-23H2,1H3,(H,35,41)(H,34,36,37). The fraction of sp³-hybridized carbons (Fsp3) is 0.625. The highest BCUT2D eigenvalue weighted by Gasteiger charge is 2.44. The molecular formula is C32H44N8O. The molecule has 0 atom stereocenters. The van der Waals surface area contributed by atoms with E-state index >= 15 is 0 Å². The van der Waals surface area contributed by atoms with Gasteiger partial charge in [-0.2, -0.15) is 5.26 Å². The molecule has 2 aliphatic heterocycles. The van der Waals surface area contributed by atoms with Gasteiger partial charge in [-0.05, 0) is 75.3 Å². The van der Waals surface area contributed by atoms with E-state index in [1.165, 1.54) is 38.5 Å². The molecule has 1 aromatic heterocycles. The average Bonchev–Trinajstić information content (AvgIpc) is 3.78. The molecule has 2 saturated carbocycles. The van der Waals surface area contributed by atoms with Crippen LogP contribution in [-0.2, 0) is 6.54 Å². The van der Waals surface area contributed by atoms with Gasteiger partial charge in [-0.3, -0.25) is 9.69 Å². The second-order valence-electron chi connectivity index (χ2n) is 12.8. The maximum atomic E-state index is 13.8. The summed E-state index contributed by atoms with van der Waals surface area (Å²) in [5, 5.41) is 16.5. The number of likely N-dealkylation sites (N-methyl/N-ethyl adjacent to an activating group) is 1. The van der Waals surface area contributed by atoms with Crippen LogP contribution in [-0.4, -0.2) is 84.6 Å². The van der Waals surface area contributed by atoms with Crippen LogP contribution in [0.3, 0.4) is 0 Å². The maximum Gasteiger partial charge on any atom is 0.259 e. The Labute approximate surface area is 244 Å². The Morgan fingerprint density at radius 3 is 2.34 bits per heavy atom. The number of piperazine rings is 1. The van der Waals surface area contributed by atoms with Crippen molar-refractivity contribution in [2.45, 2.75) is 64.0 Å². The van der Waals surface area contributed by atoms with Crippen LogP contribution >= 0.6 is 0 Å². The van der Waals surface area contributed by atoms with E-state index < -0.39 is 0 Å². The minimum atomic E-state index is -0.197. The molecule has 0 bridgehead atoms. The topological polar surface area (TPSA) is 100 Å². The first kappa shape index (κ1) is 27.9. The van der Waals surface area contributed by atoms with Crippen molar-refractivity contribution in [2.24, 2.45) is 11.3 Å². The van der Waals surface area contributed by atoms with Gasteiger partial charge in [-0.15, -0.1) is 0 Å². The summed E-state index contributed by atoms with van der Waals surface area (Å²) in [6.07, 6.45) is 9.88. The Morgan fingerprint density at radius 1 is 0.976 bits per heavy atom. The van der Waals surface area contributed by atoms with Crippen molar-refractivity contribution in [3.63, 3.8) is 0 Å². The molecule has 3 heterocycles. The molecule has 4 fully saturated rings. The van der Waals surface area contributed by atoms with Gasteiger partial charge in [0.1, 0.15) is 23.3 Å². The number of carbonyl (C=O) groups excluding carboxylic acids is 1. The number of carbonyl (C=O) groups is 1. The van der Waals surface area contributed by atoms with Crippen LogP contribution in [0.2, 0.25) is 0 Å². The van der Waals surface area contributed by atoms with Crippen molar-refractivity contribution < 1.29 is 4.79 Å². The summed E-state index contributed by atoms with van der Waals surface area (Å²) in [7, 11) is 2.19. The van der Waals surface area contributed by atoms with E-state index in [9.17, 15) is 10.1 Å². The van der Waals surface area contributed by atoms with Crippen molar-refractivity contribution in [3.8, 4) is 6.07 Å². The maximum absolute atomic E-state index is 13.8. The fourth-order valence-corrected chi connectivity index (χ4v) is 6.97. The number of benzene rings is 1.